The summed E-state index contributed by atoms with van der Waals surface area (Å²) in [7, 11) is 0. The number of hydrogen-bond donors (Lipinski definition) is 2. The molecule has 1 aromatic heterocycles. The van der Waals surface area contributed by atoms with E-state index in [1.54, 1.807) is 12.3 Å². The smallest absolute Gasteiger partial charge is 0.193 e. The predicted molar refractivity (Wildman–Crippen MR) is 121 cm³/mol. The summed E-state index contributed by atoms with van der Waals surface area (Å²) in [6.45, 7) is 0.558. The van der Waals surface area contributed by atoms with Gasteiger partial charge in [0.2, 0.25) is 0 Å². The van der Waals surface area contributed by atoms with Crippen LogP contribution in [0.2, 0.25) is 5.15 Å². The lowest BCUT2D eigenvalue weighted by Gasteiger charge is -2.09. The number of aliphatic imine (C=N–C) groups is 1. The number of nitrogens with zero attached hydrogens (tertiary/aromatic N) is 2. The van der Waals surface area contributed by atoms with Crippen LogP contribution in [0.3, 0.4) is 0 Å². The van der Waals surface area contributed by atoms with E-state index in [4.69, 9.17) is 22.1 Å². The lowest BCUT2D eigenvalue weighted by atomic mass is 10.2. The van der Waals surface area contributed by atoms with Crippen LogP contribution >= 0.6 is 35.6 Å². The third-order valence-corrected chi connectivity index (χ3v) is 3.78. The molecule has 140 valence electrons. The van der Waals surface area contributed by atoms with Gasteiger partial charge < -0.3 is 15.8 Å². The number of anilines is 1. The minimum atomic E-state index is 0. The van der Waals surface area contributed by atoms with Gasteiger partial charge in [0.1, 0.15) is 16.7 Å². The first kappa shape index (κ1) is 21.0. The van der Waals surface area contributed by atoms with Gasteiger partial charge in [-0.1, -0.05) is 41.9 Å². The number of pyridine rings is 1. The molecule has 0 saturated heterocycles. The topological polar surface area (TPSA) is 72.5 Å². The molecule has 3 rings (SSSR count). The quantitative estimate of drug-likeness (QED) is 0.216. The maximum atomic E-state index is 5.96. The number of ether oxygens (including phenoxy) is 1. The first-order chi connectivity index (χ1) is 12.7. The lowest BCUT2D eigenvalue weighted by molar-refractivity contribution is 0.483. The third-order valence-electron chi connectivity index (χ3n) is 3.56. The number of nitrogens with two attached hydrogens (primary N) is 1. The number of rotatable bonds is 6. The van der Waals surface area contributed by atoms with E-state index >= 15 is 0 Å². The molecule has 7 heteroatoms. The van der Waals surface area contributed by atoms with Crippen LogP contribution in [0, 0.1) is 0 Å². The molecule has 0 atom stereocenters. The largest absolute Gasteiger partial charge is 0.457 e. The number of nitrogens with one attached hydrogen (secondary N) is 1. The Balaban J connectivity index is 0.00000261. The van der Waals surface area contributed by atoms with E-state index in [0.717, 1.165) is 29.2 Å². The van der Waals surface area contributed by atoms with E-state index in [0.29, 0.717) is 17.7 Å². The number of para-hydroxylation sites is 1. The Bertz CT molecular complexity index is 873. The fourth-order valence-corrected chi connectivity index (χ4v) is 2.42. The molecule has 1 heterocycles. The van der Waals surface area contributed by atoms with Gasteiger partial charge in [0.15, 0.2) is 5.96 Å². The lowest BCUT2D eigenvalue weighted by Crippen LogP contribution is -2.23. The Kier molecular flexibility index (Phi) is 8.35. The SMILES string of the molecule is I.NC(=NCCc1ccc(Cl)nc1)Nc1cccc(Oc2ccccc2)c1. The molecule has 0 saturated carbocycles. The standard InChI is InChI=1S/C20H19ClN4O.HI/c21-19-10-9-15(14-24-19)11-12-23-20(22)25-16-5-4-8-18(13-16)26-17-6-2-1-3-7-17;/h1-10,13-14H,11-12H2,(H3,22,23,25);1H. The van der Waals surface area contributed by atoms with Crippen LogP contribution in [0.15, 0.2) is 77.9 Å². The monoisotopic (exact) mass is 494 g/mol. The molecule has 0 amide bonds. The molecular weight excluding hydrogens is 475 g/mol. The highest BCUT2D eigenvalue weighted by molar-refractivity contribution is 14.0. The summed E-state index contributed by atoms with van der Waals surface area (Å²) in [4.78, 5) is 8.38. The van der Waals surface area contributed by atoms with Crippen molar-refractivity contribution in [3.63, 3.8) is 0 Å². The van der Waals surface area contributed by atoms with Gasteiger partial charge in [-0.3, -0.25) is 4.99 Å². The normalized spacial score (nSPS) is 10.8. The fourth-order valence-electron chi connectivity index (χ4n) is 2.31. The Labute approximate surface area is 180 Å². The van der Waals surface area contributed by atoms with Crippen LogP contribution in [-0.4, -0.2) is 17.5 Å². The van der Waals surface area contributed by atoms with Crippen LogP contribution < -0.4 is 15.8 Å². The summed E-state index contributed by atoms with van der Waals surface area (Å²) in [5.74, 6) is 1.85. The maximum absolute atomic E-state index is 5.96. The molecule has 3 aromatic rings. The maximum Gasteiger partial charge on any atom is 0.193 e. The predicted octanol–water partition coefficient (Wildman–Crippen LogP) is 5.11. The van der Waals surface area contributed by atoms with Gasteiger partial charge >= 0.3 is 0 Å². The van der Waals surface area contributed by atoms with Crippen LogP contribution in [0.4, 0.5) is 5.69 Å². The number of halogens is 2. The Morgan fingerprint density at radius 2 is 1.81 bits per heavy atom. The summed E-state index contributed by atoms with van der Waals surface area (Å²) in [6.07, 6.45) is 2.48. The van der Waals surface area contributed by atoms with Gasteiger partial charge in [-0.15, -0.1) is 24.0 Å². The highest BCUT2D eigenvalue weighted by Crippen LogP contribution is 2.23. The van der Waals surface area contributed by atoms with Crippen molar-refractivity contribution >= 4 is 47.2 Å². The minimum absolute atomic E-state index is 0. The first-order valence-corrected chi connectivity index (χ1v) is 8.57. The van der Waals surface area contributed by atoms with E-state index in [1.165, 1.54) is 0 Å². The fraction of sp³-hybridized carbons (Fsp3) is 0.100. The van der Waals surface area contributed by atoms with Crippen molar-refractivity contribution in [3.8, 4) is 11.5 Å². The molecule has 0 radical (unpaired) electrons. The zero-order valence-corrected chi connectivity index (χ0v) is 17.6. The molecule has 0 aliphatic carbocycles. The van der Waals surface area contributed by atoms with E-state index in [2.05, 4.69) is 15.3 Å². The van der Waals surface area contributed by atoms with E-state index in [9.17, 15) is 0 Å². The van der Waals surface area contributed by atoms with Crippen LogP contribution in [-0.2, 0) is 6.42 Å². The van der Waals surface area contributed by atoms with Crippen molar-refractivity contribution < 1.29 is 4.74 Å². The van der Waals surface area contributed by atoms with Gasteiger partial charge in [-0.25, -0.2) is 4.98 Å². The van der Waals surface area contributed by atoms with Crippen LogP contribution in [0.1, 0.15) is 5.56 Å². The zero-order chi connectivity index (χ0) is 18.2. The molecular formula is C20H20ClIN4O. The van der Waals surface area contributed by atoms with E-state index in [1.807, 2.05) is 60.7 Å². The van der Waals surface area contributed by atoms with Crippen molar-refractivity contribution in [2.24, 2.45) is 10.7 Å². The number of aromatic nitrogens is 1. The van der Waals surface area contributed by atoms with Gasteiger partial charge in [-0.05, 0) is 42.3 Å². The third kappa shape index (κ3) is 7.07. The molecule has 27 heavy (non-hydrogen) atoms. The van der Waals surface area contributed by atoms with Gasteiger partial charge in [-0.2, -0.15) is 0 Å². The van der Waals surface area contributed by atoms with Crippen LogP contribution in [0.25, 0.3) is 0 Å². The minimum Gasteiger partial charge on any atom is -0.457 e. The van der Waals surface area contributed by atoms with Crippen molar-refractivity contribution in [3.05, 3.63) is 83.6 Å². The summed E-state index contributed by atoms with van der Waals surface area (Å²) in [5, 5.41) is 3.56. The molecule has 5 nitrogen and oxygen atoms in total. The Morgan fingerprint density at radius 3 is 2.56 bits per heavy atom. The van der Waals surface area contributed by atoms with Crippen molar-refractivity contribution in [1.82, 2.24) is 4.98 Å². The molecule has 0 fully saturated rings. The van der Waals surface area contributed by atoms with Gasteiger partial charge in [0, 0.05) is 24.5 Å². The second-order valence-corrected chi connectivity index (χ2v) is 5.96. The van der Waals surface area contributed by atoms with Crippen molar-refractivity contribution in [2.75, 3.05) is 11.9 Å². The number of benzene rings is 2. The van der Waals surface area contributed by atoms with Gasteiger partial charge in [0.25, 0.3) is 0 Å². The molecule has 0 unspecified atom stereocenters. The summed E-state index contributed by atoms with van der Waals surface area (Å²) >= 11 is 5.77. The van der Waals surface area contributed by atoms with Crippen molar-refractivity contribution in [2.45, 2.75) is 6.42 Å². The van der Waals surface area contributed by atoms with E-state index < -0.39 is 0 Å². The summed E-state index contributed by atoms with van der Waals surface area (Å²) in [5.41, 5.74) is 7.83. The molecule has 3 N–H and O–H groups in total. The molecule has 0 aliphatic heterocycles. The molecule has 0 spiro atoms. The van der Waals surface area contributed by atoms with Gasteiger partial charge in [0.05, 0.1) is 0 Å². The summed E-state index contributed by atoms with van der Waals surface area (Å²) < 4.78 is 5.81. The highest BCUT2D eigenvalue weighted by Gasteiger charge is 2.00. The molecule has 2 aromatic carbocycles. The average Bonchev–Trinajstić information content (AvgIpc) is 2.64. The summed E-state index contributed by atoms with van der Waals surface area (Å²) in [6, 6.07) is 20.9. The van der Waals surface area contributed by atoms with E-state index in [-0.39, 0.29) is 24.0 Å². The van der Waals surface area contributed by atoms with Crippen molar-refractivity contribution in [1.29, 1.82) is 0 Å². The highest BCUT2D eigenvalue weighted by atomic mass is 127. The zero-order valence-electron chi connectivity index (χ0n) is 14.5. The molecule has 0 bridgehead atoms. The Morgan fingerprint density at radius 1 is 1.04 bits per heavy atom. The average molecular weight is 495 g/mol. The number of hydrogen-bond acceptors (Lipinski definition) is 3. The number of guanidine groups is 1. The second-order valence-electron chi connectivity index (χ2n) is 5.57. The first-order valence-electron chi connectivity index (χ1n) is 8.19. The second kappa shape index (κ2) is 10.7. The Hall–Kier alpha value is -2.32. The van der Waals surface area contributed by atoms with Crippen LogP contribution in [0.5, 0.6) is 11.5 Å². The molecule has 0 aliphatic rings.